The molecule has 0 fully saturated rings. The van der Waals surface area contributed by atoms with Gasteiger partial charge >= 0.3 is 0 Å². The predicted octanol–water partition coefficient (Wildman–Crippen LogP) is 3.47. The largest absolute Gasteiger partial charge is 0.369 e. The van der Waals surface area contributed by atoms with Crippen LogP contribution in [0, 0.1) is 11.3 Å². The second-order valence-electron chi connectivity index (χ2n) is 4.23. The van der Waals surface area contributed by atoms with Crippen molar-refractivity contribution >= 4 is 28.1 Å². The average molecular weight is 316 g/mol. The maximum atomic E-state index is 9.01. The first kappa shape index (κ1) is 13.6. The fraction of sp³-hybridized carbons (Fsp3) is 0.0714. The van der Waals surface area contributed by atoms with E-state index in [2.05, 4.69) is 14.8 Å². The topological polar surface area (TPSA) is 66.5 Å². The Bertz CT molecular complexity index is 787. The van der Waals surface area contributed by atoms with E-state index < -0.39 is 0 Å². The minimum absolute atomic E-state index is 0.236. The standard InChI is InChI=1S/C14H10ClN5S/c15-13-12(8-16)14(21-19-13)17-9-10-6-7-20(18-10)11-4-2-1-3-5-11/h1-7,17H,9H2. The molecule has 1 aromatic carbocycles. The van der Waals surface area contributed by atoms with Gasteiger partial charge in [-0.15, -0.1) is 0 Å². The van der Waals surface area contributed by atoms with E-state index in [4.69, 9.17) is 16.9 Å². The molecule has 7 heteroatoms. The summed E-state index contributed by atoms with van der Waals surface area (Å²) in [6.45, 7) is 0.507. The molecule has 3 aromatic rings. The summed E-state index contributed by atoms with van der Waals surface area (Å²) in [5, 5.41) is 17.5. The Hall–Kier alpha value is -2.36. The predicted molar refractivity (Wildman–Crippen MR) is 82.7 cm³/mol. The van der Waals surface area contributed by atoms with Crippen LogP contribution in [0.1, 0.15) is 11.3 Å². The molecule has 104 valence electrons. The highest BCUT2D eigenvalue weighted by atomic mass is 35.5. The molecule has 0 bridgehead atoms. The summed E-state index contributed by atoms with van der Waals surface area (Å²) in [6.07, 6.45) is 1.90. The van der Waals surface area contributed by atoms with Crippen molar-refractivity contribution in [1.29, 1.82) is 5.26 Å². The number of nitriles is 1. The molecule has 0 aliphatic carbocycles. The molecule has 0 saturated heterocycles. The number of hydrogen-bond acceptors (Lipinski definition) is 5. The van der Waals surface area contributed by atoms with Gasteiger partial charge in [0.1, 0.15) is 16.6 Å². The van der Waals surface area contributed by atoms with Crippen LogP contribution in [0.25, 0.3) is 5.69 Å². The number of hydrogen-bond donors (Lipinski definition) is 1. The van der Waals surface area contributed by atoms with Gasteiger partial charge in [0.2, 0.25) is 0 Å². The highest BCUT2D eigenvalue weighted by molar-refractivity contribution is 7.10. The fourth-order valence-corrected chi connectivity index (χ4v) is 2.77. The van der Waals surface area contributed by atoms with Crippen LogP contribution < -0.4 is 5.32 Å². The first-order valence-corrected chi connectivity index (χ1v) is 7.32. The Morgan fingerprint density at radius 1 is 1.29 bits per heavy atom. The summed E-state index contributed by atoms with van der Waals surface area (Å²) in [5.41, 5.74) is 2.25. The number of aromatic nitrogens is 3. The van der Waals surface area contributed by atoms with Gasteiger partial charge in [0.15, 0.2) is 5.15 Å². The molecule has 0 spiro atoms. The van der Waals surface area contributed by atoms with Gasteiger partial charge in [-0.3, -0.25) is 0 Å². The number of halogens is 1. The molecule has 0 aliphatic rings. The van der Waals surface area contributed by atoms with Gasteiger partial charge in [-0.25, -0.2) is 4.68 Å². The Labute approximate surface area is 130 Å². The summed E-state index contributed by atoms with van der Waals surface area (Å²) >= 11 is 7.00. The van der Waals surface area contributed by atoms with Crippen LogP contribution in [0.5, 0.6) is 0 Å². The van der Waals surface area contributed by atoms with Gasteiger partial charge in [-0.1, -0.05) is 29.8 Å². The first-order chi connectivity index (χ1) is 10.3. The second kappa shape index (κ2) is 5.95. The van der Waals surface area contributed by atoms with E-state index in [1.165, 1.54) is 11.5 Å². The molecule has 0 amide bonds. The normalized spacial score (nSPS) is 10.3. The Balaban J connectivity index is 1.72. The molecule has 0 saturated carbocycles. The molecule has 1 N–H and O–H groups in total. The highest BCUT2D eigenvalue weighted by Crippen LogP contribution is 2.27. The lowest BCUT2D eigenvalue weighted by Crippen LogP contribution is -2.01. The summed E-state index contributed by atoms with van der Waals surface area (Å²) in [6, 6.07) is 13.8. The molecular formula is C14H10ClN5S. The van der Waals surface area contributed by atoms with Crippen molar-refractivity contribution in [3.63, 3.8) is 0 Å². The molecule has 0 radical (unpaired) electrons. The third kappa shape index (κ3) is 2.89. The molecule has 3 rings (SSSR count). The first-order valence-electron chi connectivity index (χ1n) is 6.17. The van der Waals surface area contributed by atoms with Crippen molar-refractivity contribution < 1.29 is 0 Å². The Kier molecular flexibility index (Phi) is 3.86. The quantitative estimate of drug-likeness (QED) is 0.800. The maximum absolute atomic E-state index is 9.01. The third-order valence-corrected chi connectivity index (χ3v) is 4.04. The van der Waals surface area contributed by atoms with Gasteiger partial charge in [-0.05, 0) is 29.7 Å². The van der Waals surface area contributed by atoms with Crippen LogP contribution in [0.3, 0.4) is 0 Å². The summed E-state index contributed by atoms with van der Waals surface area (Å²) in [4.78, 5) is 0. The van der Waals surface area contributed by atoms with Crippen LogP contribution in [0.15, 0.2) is 42.6 Å². The van der Waals surface area contributed by atoms with Crippen molar-refractivity contribution in [2.75, 3.05) is 5.32 Å². The molecule has 0 unspecified atom stereocenters. The van der Waals surface area contributed by atoms with Gasteiger partial charge in [0.05, 0.1) is 17.9 Å². The van der Waals surface area contributed by atoms with Crippen LogP contribution in [-0.2, 0) is 6.54 Å². The molecular weight excluding hydrogens is 306 g/mol. The zero-order valence-electron chi connectivity index (χ0n) is 10.8. The van der Waals surface area contributed by atoms with Crippen molar-refractivity contribution in [2.45, 2.75) is 6.54 Å². The van der Waals surface area contributed by atoms with Gasteiger partial charge in [0, 0.05) is 6.20 Å². The summed E-state index contributed by atoms with van der Waals surface area (Å²) in [5.74, 6) is 0. The molecule has 21 heavy (non-hydrogen) atoms. The van der Waals surface area contributed by atoms with E-state index in [0.29, 0.717) is 17.1 Å². The van der Waals surface area contributed by atoms with E-state index in [1.807, 2.05) is 53.3 Å². The minimum atomic E-state index is 0.236. The van der Waals surface area contributed by atoms with Crippen molar-refractivity contribution in [2.24, 2.45) is 0 Å². The fourth-order valence-electron chi connectivity index (χ4n) is 1.84. The van der Waals surface area contributed by atoms with Gasteiger partial charge in [-0.2, -0.15) is 14.7 Å². The van der Waals surface area contributed by atoms with Crippen molar-refractivity contribution in [3.8, 4) is 11.8 Å². The smallest absolute Gasteiger partial charge is 0.162 e. The third-order valence-electron chi connectivity index (χ3n) is 2.86. The Morgan fingerprint density at radius 3 is 2.86 bits per heavy atom. The van der Waals surface area contributed by atoms with Crippen molar-refractivity contribution in [1.82, 2.24) is 14.2 Å². The van der Waals surface area contributed by atoms with E-state index in [1.54, 1.807) is 0 Å². The summed E-state index contributed by atoms with van der Waals surface area (Å²) in [7, 11) is 0. The molecule has 2 aromatic heterocycles. The monoisotopic (exact) mass is 315 g/mol. The number of para-hydroxylation sites is 1. The Morgan fingerprint density at radius 2 is 2.10 bits per heavy atom. The second-order valence-corrected chi connectivity index (χ2v) is 5.36. The van der Waals surface area contributed by atoms with Crippen LogP contribution in [-0.4, -0.2) is 14.2 Å². The lowest BCUT2D eigenvalue weighted by Gasteiger charge is -2.02. The maximum Gasteiger partial charge on any atom is 0.162 e. The lowest BCUT2D eigenvalue weighted by molar-refractivity contribution is 0.844. The molecule has 0 atom stereocenters. The van der Waals surface area contributed by atoms with E-state index in [9.17, 15) is 0 Å². The van der Waals surface area contributed by atoms with Crippen LogP contribution in [0.2, 0.25) is 5.15 Å². The molecule has 5 nitrogen and oxygen atoms in total. The SMILES string of the molecule is N#Cc1c(Cl)nsc1NCc1ccn(-c2ccccc2)n1. The zero-order valence-corrected chi connectivity index (χ0v) is 12.4. The minimum Gasteiger partial charge on any atom is -0.369 e. The number of anilines is 1. The number of nitrogens with zero attached hydrogens (tertiary/aromatic N) is 4. The zero-order chi connectivity index (χ0) is 14.7. The van der Waals surface area contributed by atoms with Crippen LogP contribution in [0.4, 0.5) is 5.00 Å². The van der Waals surface area contributed by atoms with E-state index in [0.717, 1.165) is 11.4 Å². The van der Waals surface area contributed by atoms with Gasteiger partial charge in [0.25, 0.3) is 0 Å². The number of benzene rings is 1. The summed E-state index contributed by atoms with van der Waals surface area (Å²) < 4.78 is 5.76. The van der Waals surface area contributed by atoms with Gasteiger partial charge < -0.3 is 5.32 Å². The highest BCUT2D eigenvalue weighted by Gasteiger charge is 2.11. The van der Waals surface area contributed by atoms with Crippen LogP contribution >= 0.6 is 23.1 Å². The van der Waals surface area contributed by atoms with E-state index in [-0.39, 0.29) is 5.15 Å². The molecule has 0 aliphatic heterocycles. The lowest BCUT2D eigenvalue weighted by atomic mass is 10.3. The molecule has 2 heterocycles. The average Bonchev–Trinajstić information content (AvgIpc) is 3.12. The van der Waals surface area contributed by atoms with Crippen molar-refractivity contribution in [3.05, 3.63) is 59.0 Å². The number of nitrogens with one attached hydrogen (secondary N) is 1. The number of rotatable bonds is 4. The van der Waals surface area contributed by atoms with E-state index >= 15 is 0 Å².